The minimum absolute atomic E-state index is 0.349. The molecule has 0 aliphatic heterocycles. The standard InChI is InChI=1S/C24H23NO5/c1-17-13-14-21(29-2)20(15-17)25-22(26)16-30-23(27)24(28,18-9-5-3-6-10-18)19-11-7-4-8-12-19/h3-15,28H,16H2,1-2H3,(H,25,26). The summed E-state index contributed by atoms with van der Waals surface area (Å²) >= 11 is 0. The summed E-state index contributed by atoms with van der Waals surface area (Å²) in [4.78, 5) is 25.3. The Labute approximate surface area is 175 Å². The summed E-state index contributed by atoms with van der Waals surface area (Å²) in [6.45, 7) is 1.33. The number of carbonyl (C=O) groups excluding carboxylic acids is 2. The largest absolute Gasteiger partial charge is 0.495 e. The van der Waals surface area contributed by atoms with Crippen molar-refractivity contribution in [2.75, 3.05) is 19.0 Å². The first-order chi connectivity index (χ1) is 14.4. The summed E-state index contributed by atoms with van der Waals surface area (Å²) in [7, 11) is 1.50. The zero-order valence-corrected chi connectivity index (χ0v) is 16.8. The maximum Gasteiger partial charge on any atom is 0.348 e. The van der Waals surface area contributed by atoms with E-state index in [0.29, 0.717) is 22.6 Å². The van der Waals surface area contributed by atoms with Crippen LogP contribution in [0.2, 0.25) is 0 Å². The van der Waals surface area contributed by atoms with Crippen LogP contribution in [0.4, 0.5) is 5.69 Å². The number of methoxy groups -OCH3 is 1. The fraction of sp³-hybridized carbons (Fsp3) is 0.167. The van der Waals surface area contributed by atoms with Gasteiger partial charge in [0.05, 0.1) is 12.8 Å². The highest BCUT2D eigenvalue weighted by atomic mass is 16.6. The molecule has 0 bridgehead atoms. The first-order valence-electron chi connectivity index (χ1n) is 9.40. The van der Waals surface area contributed by atoms with Gasteiger partial charge in [0.1, 0.15) is 5.75 Å². The van der Waals surface area contributed by atoms with Crippen LogP contribution in [0.5, 0.6) is 5.75 Å². The molecule has 0 heterocycles. The Bertz CT molecular complexity index is 979. The molecule has 3 aromatic carbocycles. The highest BCUT2D eigenvalue weighted by Gasteiger charge is 2.41. The number of ether oxygens (including phenoxy) is 2. The fourth-order valence-electron chi connectivity index (χ4n) is 3.10. The van der Waals surface area contributed by atoms with E-state index in [2.05, 4.69) is 5.32 Å². The van der Waals surface area contributed by atoms with Crippen molar-refractivity contribution in [1.29, 1.82) is 0 Å². The maximum atomic E-state index is 12.9. The van der Waals surface area contributed by atoms with Gasteiger partial charge in [-0.2, -0.15) is 0 Å². The van der Waals surface area contributed by atoms with Crippen LogP contribution >= 0.6 is 0 Å². The van der Waals surface area contributed by atoms with Gasteiger partial charge in [0.25, 0.3) is 5.91 Å². The van der Waals surface area contributed by atoms with Crippen molar-refractivity contribution in [3.63, 3.8) is 0 Å². The van der Waals surface area contributed by atoms with Crippen LogP contribution in [0.1, 0.15) is 16.7 Å². The van der Waals surface area contributed by atoms with Crippen molar-refractivity contribution in [3.8, 4) is 5.75 Å². The predicted molar refractivity (Wildman–Crippen MR) is 113 cm³/mol. The molecule has 0 atom stereocenters. The van der Waals surface area contributed by atoms with E-state index in [-0.39, 0.29) is 0 Å². The van der Waals surface area contributed by atoms with Gasteiger partial charge in [-0.05, 0) is 35.7 Å². The van der Waals surface area contributed by atoms with E-state index in [1.165, 1.54) is 7.11 Å². The number of aliphatic hydroxyl groups is 1. The summed E-state index contributed by atoms with van der Waals surface area (Å²) in [6, 6.07) is 22.3. The molecule has 2 N–H and O–H groups in total. The molecule has 0 unspecified atom stereocenters. The number of aryl methyl sites for hydroxylation is 1. The number of carbonyl (C=O) groups is 2. The van der Waals surface area contributed by atoms with E-state index >= 15 is 0 Å². The second-order valence-electron chi connectivity index (χ2n) is 6.77. The summed E-state index contributed by atoms with van der Waals surface area (Å²) in [5.74, 6) is -0.993. The number of anilines is 1. The third kappa shape index (κ3) is 4.50. The number of amides is 1. The van der Waals surface area contributed by atoms with Gasteiger partial charge >= 0.3 is 5.97 Å². The van der Waals surface area contributed by atoms with Crippen LogP contribution in [0.3, 0.4) is 0 Å². The monoisotopic (exact) mass is 405 g/mol. The molecule has 0 aromatic heterocycles. The van der Waals surface area contributed by atoms with Crippen molar-refractivity contribution in [2.45, 2.75) is 12.5 Å². The van der Waals surface area contributed by atoms with Gasteiger partial charge in [-0.25, -0.2) is 4.79 Å². The SMILES string of the molecule is COc1ccc(C)cc1NC(=O)COC(=O)C(O)(c1ccccc1)c1ccccc1. The van der Waals surface area contributed by atoms with Gasteiger partial charge in [-0.3, -0.25) is 4.79 Å². The Hall–Kier alpha value is -3.64. The van der Waals surface area contributed by atoms with Crippen LogP contribution in [0.15, 0.2) is 78.9 Å². The quantitative estimate of drug-likeness (QED) is 0.589. The van der Waals surface area contributed by atoms with Crippen molar-refractivity contribution < 1.29 is 24.2 Å². The number of nitrogens with one attached hydrogen (secondary N) is 1. The number of rotatable bonds is 7. The van der Waals surface area contributed by atoms with Crippen molar-refractivity contribution >= 4 is 17.6 Å². The minimum Gasteiger partial charge on any atom is -0.495 e. The number of hydrogen-bond acceptors (Lipinski definition) is 5. The average molecular weight is 405 g/mol. The smallest absolute Gasteiger partial charge is 0.348 e. The number of hydrogen-bond donors (Lipinski definition) is 2. The second kappa shape index (κ2) is 9.24. The second-order valence-corrected chi connectivity index (χ2v) is 6.77. The Morgan fingerprint density at radius 2 is 1.50 bits per heavy atom. The lowest BCUT2D eigenvalue weighted by molar-refractivity contribution is -0.163. The summed E-state index contributed by atoms with van der Waals surface area (Å²) in [6.07, 6.45) is 0. The number of benzene rings is 3. The lowest BCUT2D eigenvalue weighted by Crippen LogP contribution is -2.39. The lowest BCUT2D eigenvalue weighted by atomic mass is 9.86. The minimum atomic E-state index is -2.04. The summed E-state index contributed by atoms with van der Waals surface area (Å²) < 4.78 is 10.4. The predicted octanol–water partition coefficient (Wildman–Crippen LogP) is 3.42. The third-order valence-corrected chi connectivity index (χ3v) is 4.64. The molecule has 0 radical (unpaired) electrons. The Kier molecular flexibility index (Phi) is 6.49. The van der Waals surface area contributed by atoms with Gasteiger partial charge in [-0.15, -0.1) is 0 Å². The normalized spacial score (nSPS) is 10.9. The van der Waals surface area contributed by atoms with Gasteiger partial charge in [0.15, 0.2) is 6.61 Å². The van der Waals surface area contributed by atoms with E-state index in [4.69, 9.17) is 9.47 Å². The molecule has 154 valence electrons. The molecule has 6 nitrogen and oxygen atoms in total. The van der Waals surface area contributed by atoms with Crippen LogP contribution in [-0.2, 0) is 19.9 Å². The molecule has 3 aromatic rings. The van der Waals surface area contributed by atoms with Crippen molar-refractivity contribution in [1.82, 2.24) is 0 Å². The summed E-state index contributed by atoms with van der Waals surface area (Å²) in [5.41, 5.74) is 0.0681. The molecule has 0 aliphatic rings. The van der Waals surface area contributed by atoms with Crippen LogP contribution in [0, 0.1) is 6.92 Å². The molecular weight excluding hydrogens is 382 g/mol. The highest BCUT2D eigenvalue weighted by molar-refractivity contribution is 5.95. The van der Waals surface area contributed by atoms with Crippen molar-refractivity contribution in [2.24, 2.45) is 0 Å². The van der Waals surface area contributed by atoms with E-state index in [0.717, 1.165) is 5.56 Å². The van der Waals surface area contributed by atoms with E-state index in [1.54, 1.807) is 72.8 Å². The van der Waals surface area contributed by atoms with Crippen LogP contribution in [0.25, 0.3) is 0 Å². The Morgan fingerprint density at radius 3 is 2.03 bits per heavy atom. The molecule has 0 aliphatic carbocycles. The van der Waals surface area contributed by atoms with Gasteiger partial charge in [-0.1, -0.05) is 66.7 Å². The molecule has 0 saturated carbocycles. The van der Waals surface area contributed by atoms with Gasteiger partial charge in [0.2, 0.25) is 5.60 Å². The zero-order valence-electron chi connectivity index (χ0n) is 16.8. The number of esters is 1. The molecule has 1 amide bonds. The van der Waals surface area contributed by atoms with E-state index in [9.17, 15) is 14.7 Å². The molecule has 30 heavy (non-hydrogen) atoms. The van der Waals surface area contributed by atoms with Crippen LogP contribution in [-0.4, -0.2) is 30.7 Å². The molecule has 0 fully saturated rings. The Balaban J connectivity index is 1.77. The van der Waals surface area contributed by atoms with E-state index in [1.807, 2.05) is 13.0 Å². The zero-order chi connectivity index (χ0) is 21.6. The third-order valence-electron chi connectivity index (χ3n) is 4.64. The topological polar surface area (TPSA) is 84.9 Å². The van der Waals surface area contributed by atoms with Crippen LogP contribution < -0.4 is 10.1 Å². The highest BCUT2D eigenvalue weighted by Crippen LogP contribution is 2.31. The maximum absolute atomic E-state index is 12.9. The molecule has 3 rings (SSSR count). The molecule has 0 spiro atoms. The first-order valence-corrected chi connectivity index (χ1v) is 9.40. The van der Waals surface area contributed by atoms with Crippen molar-refractivity contribution in [3.05, 3.63) is 95.6 Å². The average Bonchev–Trinajstić information content (AvgIpc) is 2.78. The Morgan fingerprint density at radius 1 is 0.933 bits per heavy atom. The fourth-order valence-corrected chi connectivity index (χ4v) is 3.10. The molecular formula is C24H23NO5. The van der Waals surface area contributed by atoms with Gasteiger partial charge < -0.3 is 19.9 Å². The lowest BCUT2D eigenvalue weighted by Gasteiger charge is -2.27. The molecule has 0 saturated heterocycles. The summed E-state index contributed by atoms with van der Waals surface area (Å²) in [5, 5.41) is 14.0. The molecule has 6 heteroatoms. The first kappa shape index (κ1) is 21.1. The van der Waals surface area contributed by atoms with Gasteiger partial charge in [0, 0.05) is 0 Å². The van der Waals surface area contributed by atoms with E-state index < -0.39 is 24.1 Å².